The Bertz CT molecular complexity index is 3280. The molecule has 0 aliphatic carbocycles. The number of aromatic nitrogens is 3. The van der Waals surface area contributed by atoms with Crippen LogP contribution in [0, 0.1) is 0 Å². The van der Waals surface area contributed by atoms with Crippen LogP contribution in [0.15, 0.2) is 200 Å². The molecule has 11 rings (SSSR count). The number of rotatable bonds is 6. The van der Waals surface area contributed by atoms with Gasteiger partial charge in [0.05, 0.1) is 0 Å². The van der Waals surface area contributed by atoms with E-state index in [0.29, 0.717) is 17.5 Å². The number of benzene rings is 9. The van der Waals surface area contributed by atoms with Gasteiger partial charge in [-0.05, 0) is 79.2 Å². The van der Waals surface area contributed by atoms with Crippen LogP contribution in [0.5, 0.6) is 0 Å². The van der Waals surface area contributed by atoms with Crippen molar-refractivity contribution in [1.29, 1.82) is 0 Å². The van der Waals surface area contributed by atoms with E-state index in [-0.39, 0.29) is 0 Å². The van der Waals surface area contributed by atoms with Gasteiger partial charge in [-0.1, -0.05) is 176 Å². The van der Waals surface area contributed by atoms with Crippen molar-refractivity contribution in [3.05, 3.63) is 200 Å². The molecule has 11 aromatic rings. The van der Waals surface area contributed by atoms with Crippen LogP contribution in [0.25, 0.3) is 109 Å². The Morgan fingerprint density at radius 2 is 0.789 bits per heavy atom. The van der Waals surface area contributed by atoms with Gasteiger partial charge in [0.1, 0.15) is 0 Å². The van der Waals surface area contributed by atoms with Gasteiger partial charge in [0, 0.05) is 36.9 Å². The molecular formula is C53H33N3S. The minimum absolute atomic E-state index is 0.642. The zero-order valence-corrected chi connectivity index (χ0v) is 31.6. The smallest absolute Gasteiger partial charge is 0.165 e. The number of hydrogen-bond acceptors (Lipinski definition) is 4. The number of fused-ring (bicyclic) bond motifs is 5. The normalized spacial score (nSPS) is 11.5. The molecule has 0 radical (unpaired) electrons. The van der Waals surface area contributed by atoms with Crippen molar-refractivity contribution in [2.24, 2.45) is 0 Å². The molecule has 0 spiro atoms. The van der Waals surface area contributed by atoms with Gasteiger partial charge in [-0.15, -0.1) is 11.3 Å². The summed E-state index contributed by atoms with van der Waals surface area (Å²) in [6, 6.07) is 71.2. The molecule has 9 aromatic carbocycles. The van der Waals surface area contributed by atoms with E-state index in [4.69, 9.17) is 15.0 Å². The highest BCUT2D eigenvalue weighted by Crippen LogP contribution is 2.40. The van der Waals surface area contributed by atoms with E-state index in [1.165, 1.54) is 47.6 Å². The van der Waals surface area contributed by atoms with Crippen LogP contribution in [0.2, 0.25) is 0 Å². The van der Waals surface area contributed by atoms with E-state index in [1.807, 2.05) is 0 Å². The Kier molecular flexibility index (Phi) is 8.01. The molecule has 0 amide bonds. The molecular weight excluding hydrogens is 711 g/mol. The second-order valence-electron chi connectivity index (χ2n) is 14.4. The summed E-state index contributed by atoms with van der Waals surface area (Å²) in [7, 11) is 0. The second-order valence-corrected chi connectivity index (χ2v) is 15.5. The van der Waals surface area contributed by atoms with Crippen molar-refractivity contribution in [1.82, 2.24) is 15.0 Å². The third kappa shape index (κ3) is 6.04. The molecule has 0 bridgehead atoms. The van der Waals surface area contributed by atoms with Crippen LogP contribution < -0.4 is 0 Å². The highest BCUT2D eigenvalue weighted by Gasteiger charge is 2.18. The van der Waals surface area contributed by atoms with E-state index in [1.54, 1.807) is 11.3 Å². The largest absolute Gasteiger partial charge is 0.208 e. The van der Waals surface area contributed by atoms with E-state index in [9.17, 15) is 0 Å². The number of nitrogens with zero attached hydrogens (tertiary/aromatic N) is 3. The topological polar surface area (TPSA) is 38.7 Å². The molecule has 0 aliphatic heterocycles. The van der Waals surface area contributed by atoms with E-state index < -0.39 is 0 Å². The Balaban J connectivity index is 1.06. The maximum atomic E-state index is 5.30. The fourth-order valence-electron chi connectivity index (χ4n) is 7.98. The maximum absolute atomic E-state index is 5.30. The predicted molar refractivity (Wildman–Crippen MR) is 240 cm³/mol. The Hall–Kier alpha value is -7.27. The molecule has 2 heterocycles. The standard InChI is InChI=1S/C53H33N3S/c1-2-10-34(11-3-1)36-20-22-38(23-21-36)43-31-27-39-14-8-17-46(48(39)33-43)52-54-51(40-28-24-37(25-29-40)42-30-26-35-12-4-5-13-41(35)32-42)55-53(56-52)47-18-9-16-45-44-15-6-7-19-49(44)57-50(45)47/h1-33H. The van der Waals surface area contributed by atoms with Crippen molar-refractivity contribution >= 4 is 53.1 Å². The molecule has 0 fully saturated rings. The summed E-state index contributed by atoms with van der Waals surface area (Å²) in [5.74, 6) is 1.95. The summed E-state index contributed by atoms with van der Waals surface area (Å²) in [4.78, 5) is 15.8. The maximum Gasteiger partial charge on any atom is 0.165 e. The SMILES string of the molecule is c1ccc(-c2ccc(-c3ccc4cccc(-c5nc(-c6ccc(-c7ccc8ccccc8c7)cc6)nc(-c6cccc7c6sc6ccccc67)n5)c4c3)cc2)cc1. The van der Waals surface area contributed by atoms with Crippen LogP contribution in [0.4, 0.5) is 0 Å². The summed E-state index contributed by atoms with van der Waals surface area (Å²) in [6.07, 6.45) is 0. The van der Waals surface area contributed by atoms with E-state index in [0.717, 1.165) is 44.2 Å². The Morgan fingerprint density at radius 3 is 1.58 bits per heavy atom. The van der Waals surface area contributed by atoms with Gasteiger partial charge < -0.3 is 0 Å². The highest BCUT2D eigenvalue weighted by atomic mass is 32.1. The lowest BCUT2D eigenvalue weighted by Crippen LogP contribution is -2.00. The Morgan fingerprint density at radius 1 is 0.281 bits per heavy atom. The third-order valence-corrected chi connectivity index (χ3v) is 12.2. The monoisotopic (exact) mass is 743 g/mol. The lowest BCUT2D eigenvalue weighted by molar-refractivity contribution is 1.08. The average Bonchev–Trinajstić information content (AvgIpc) is 3.68. The molecule has 266 valence electrons. The van der Waals surface area contributed by atoms with Crippen LogP contribution in [-0.4, -0.2) is 15.0 Å². The van der Waals surface area contributed by atoms with Crippen LogP contribution in [-0.2, 0) is 0 Å². The molecule has 0 N–H and O–H groups in total. The predicted octanol–water partition coefficient (Wildman–Crippen LogP) is 14.5. The van der Waals surface area contributed by atoms with Gasteiger partial charge in [-0.3, -0.25) is 0 Å². The summed E-state index contributed by atoms with van der Waals surface area (Å²) in [6.45, 7) is 0. The quantitative estimate of drug-likeness (QED) is 0.170. The van der Waals surface area contributed by atoms with Crippen molar-refractivity contribution in [2.45, 2.75) is 0 Å². The minimum atomic E-state index is 0.642. The molecule has 4 heteroatoms. The molecule has 0 saturated heterocycles. The molecule has 0 unspecified atom stereocenters. The molecule has 2 aromatic heterocycles. The summed E-state index contributed by atoms with van der Waals surface area (Å²) in [5.41, 5.74) is 9.94. The average molecular weight is 744 g/mol. The first-order valence-electron chi connectivity index (χ1n) is 19.2. The zero-order chi connectivity index (χ0) is 37.7. The fourth-order valence-corrected chi connectivity index (χ4v) is 9.19. The summed E-state index contributed by atoms with van der Waals surface area (Å²) >= 11 is 1.79. The molecule has 0 atom stereocenters. The first-order valence-corrected chi connectivity index (χ1v) is 20.0. The van der Waals surface area contributed by atoms with E-state index >= 15 is 0 Å². The molecule has 0 saturated carbocycles. The molecule has 57 heavy (non-hydrogen) atoms. The van der Waals surface area contributed by atoms with Gasteiger partial charge in [0.15, 0.2) is 17.5 Å². The van der Waals surface area contributed by atoms with Crippen molar-refractivity contribution in [2.75, 3.05) is 0 Å². The van der Waals surface area contributed by atoms with E-state index in [2.05, 4.69) is 200 Å². The van der Waals surface area contributed by atoms with Crippen molar-refractivity contribution < 1.29 is 0 Å². The fraction of sp³-hybridized carbons (Fsp3) is 0. The lowest BCUT2D eigenvalue weighted by Gasteiger charge is -2.12. The minimum Gasteiger partial charge on any atom is -0.208 e. The Labute approximate surface area is 334 Å². The zero-order valence-electron chi connectivity index (χ0n) is 30.8. The third-order valence-electron chi connectivity index (χ3n) is 11.0. The van der Waals surface area contributed by atoms with Crippen LogP contribution in [0.3, 0.4) is 0 Å². The second kappa shape index (κ2) is 13.8. The number of hydrogen-bond donors (Lipinski definition) is 0. The highest BCUT2D eigenvalue weighted by molar-refractivity contribution is 7.26. The van der Waals surface area contributed by atoms with Crippen molar-refractivity contribution in [3.8, 4) is 67.5 Å². The van der Waals surface area contributed by atoms with Crippen LogP contribution >= 0.6 is 11.3 Å². The van der Waals surface area contributed by atoms with Gasteiger partial charge >= 0.3 is 0 Å². The lowest BCUT2D eigenvalue weighted by atomic mass is 9.96. The van der Waals surface area contributed by atoms with Gasteiger partial charge in [0.25, 0.3) is 0 Å². The summed E-state index contributed by atoms with van der Waals surface area (Å²) in [5, 5.41) is 7.15. The first-order chi connectivity index (χ1) is 28.2. The van der Waals surface area contributed by atoms with Gasteiger partial charge in [0.2, 0.25) is 0 Å². The molecule has 3 nitrogen and oxygen atoms in total. The van der Waals surface area contributed by atoms with Gasteiger partial charge in [-0.2, -0.15) is 0 Å². The van der Waals surface area contributed by atoms with Crippen LogP contribution in [0.1, 0.15) is 0 Å². The van der Waals surface area contributed by atoms with Crippen molar-refractivity contribution in [3.63, 3.8) is 0 Å². The molecule has 0 aliphatic rings. The first kappa shape index (κ1) is 33.1. The number of thiophene rings is 1. The summed E-state index contributed by atoms with van der Waals surface area (Å²) < 4.78 is 2.42. The van der Waals surface area contributed by atoms with Gasteiger partial charge in [-0.25, -0.2) is 15.0 Å².